The largest absolute Gasteiger partial charge is 0.350 e. The Labute approximate surface area is 102 Å². The van der Waals surface area contributed by atoms with Crippen molar-refractivity contribution < 1.29 is 4.79 Å². The number of nitrogens with one attached hydrogen (secondary N) is 2. The third kappa shape index (κ3) is 3.56. The molecule has 0 bridgehead atoms. The Morgan fingerprint density at radius 2 is 2.59 bits per heavy atom. The molecule has 1 unspecified atom stereocenters. The summed E-state index contributed by atoms with van der Waals surface area (Å²) in [7, 11) is 1.88. The summed E-state index contributed by atoms with van der Waals surface area (Å²) in [5.41, 5.74) is 1.03. The lowest BCUT2D eigenvalue weighted by Crippen LogP contribution is -2.27. The Morgan fingerprint density at radius 1 is 1.71 bits per heavy atom. The van der Waals surface area contributed by atoms with Crippen LogP contribution in [0.5, 0.6) is 0 Å². The first kappa shape index (κ1) is 12.1. The maximum absolute atomic E-state index is 11.6. The summed E-state index contributed by atoms with van der Waals surface area (Å²) in [5, 5.41) is 10.4. The van der Waals surface area contributed by atoms with E-state index in [2.05, 4.69) is 15.7 Å². The number of carbonyl (C=O) groups is 1. The van der Waals surface area contributed by atoms with Crippen LogP contribution in [0.4, 0.5) is 0 Å². The van der Waals surface area contributed by atoms with Crippen molar-refractivity contribution in [2.24, 2.45) is 7.05 Å². The minimum atomic E-state index is 0.125. The predicted octanol–water partition coefficient (Wildman–Crippen LogP) is 0.568. The maximum Gasteiger partial charge on any atom is 0.220 e. The third-order valence-electron chi connectivity index (χ3n) is 3.27. The zero-order valence-corrected chi connectivity index (χ0v) is 10.3. The van der Waals surface area contributed by atoms with E-state index >= 15 is 0 Å². The van der Waals surface area contributed by atoms with Gasteiger partial charge < -0.3 is 10.6 Å². The van der Waals surface area contributed by atoms with Crippen LogP contribution in [0.15, 0.2) is 12.3 Å². The van der Waals surface area contributed by atoms with E-state index in [-0.39, 0.29) is 5.91 Å². The van der Waals surface area contributed by atoms with Gasteiger partial charge in [-0.05, 0) is 31.9 Å². The summed E-state index contributed by atoms with van der Waals surface area (Å²) >= 11 is 0. The summed E-state index contributed by atoms with van der Waals surface area (Å²) in [6.07, 6.45) is 5.73. The smallest absolute Gasteiger partial charge is 0.220 e. The van der Waals surface area contributed by atoms with Crippen molar-refractivity contribution in [3.8, 4) is 0 Å². The highest BCUT2D eigenvalue weighted by Crippen LogP contribution is 2.10. The first-order valence-electron chi connectivity index (χ1n) is 6.22. The lowest BCUT2D eigenvalue weighted by Gasteiger charge is -2.10. The second kappa shape index (κ2) is 5.82. The number of rotatable bonds is 5. The molecule has 94 valence electrons. The van der Waals surface area contributed by atoms with Gasteiger partial charge in [-0.3, -0.25) is 9.48 Å². The molecule has 1 aliphatic rings. The van der Waals surface area contributed by atoms with Crippen LogP contribution < -0.4 is 10.6 Å². The highest BCUT2D eigenvalue weighted by molar-refractivity contribution is 5.75. The fourth-order valence-electron chi connectivity index (χ4n) is 2.16. The Balaban J connectivity index is 1.65. The molecule has 5 nitrogen and oxygen atoms in total. The number of aromatic nitrogens is 2. The first-order chi connectivity index (χ1) is 8.25. The minimum absolute atomic E-state index is 0.125. The highest BCUT2D eigenvalue weighted by atomic mass is 16.1. The van der Waals surface area contributed by atoms with E-state index in [0.717, 1.165) is 18.7 Å². The van der Waals surface area contributed by atoms with Crippen molar-refractivity contribution >= 4 is 5.91 Å². The summed E-state index contributed by atoms with van der Waals surface area (Å²) in [6, 6.07) is 2.45. The van der Waals surface area contributed by atoms with E-state index in [1.807, 2.05) is 13.1 Å². The van der Waals surface area contributed by atoms with Crippen LogP contribution in [0.25, 0.3) is 0 Å². The fourth-order valence-corrected chi connectivity index (χ4v) is 2.16. The Morgan fingerprint density at radius 3 is 3.24 bits per heavy atom. The standard InChI is InChI=1S/C12H20N4O/c1-16-11(6-8-15-16)9-14-12(17)5-4-10-3-2-7-13-10/h6,8,10,13H,2-5,7,9H2,1H3,(H,14,17). The summed E-state index contributed by atoms with van der Waals surface area (Å²) in [5.74, 6) is 0.125. The predicted molar refractivity (Wildman–Crippen MR) is 65.3 cm³/mol. The van der Waals surface area contributed by atoms with Crippen LogP contribution >= 0.6 is 0 Å². The lowest BCUT2D eigenvalue weighted by molar-refractivity contribution is -0.121. The Kier molecular flexibility index (Phi) is 4.14. The van der Waals surface area contributed by atoms with Gasteiger partial charge in [-0.25, -0.2) is 0 Å². The first-order valence-corrected chi connectivity index (χ1v) is 6.22. The van der Waals surface area contributed by atoms with Crippen LogP contribution in [0.1, 0.15) is 31.4 Å². The number of amides is 1. The summed E-state index contributed by atoms with van der Waals surface area (Å²) < 4.78 is 1.78. The van der Waals surface area contributed by atoms with Crippen molar-refractivity contribution in [3.05, 3.63) is 18.0 Å². The van der Waals surface area contributed by atoms with E-state index in [1.165, 1.54) is 12.8 Å². The van der Waals surface area contributed by atoms with Gasteiger partial charge in [0, 0.05) is 25.7 Å². The van der Waals surface area contributed by atoms with Crippen molar-refractivity contribution in [2.45, 2.75) is 38.3 Å². The molecule has 0 aliphatic carbocycles. The molecule has 1 aromatic heterocycles. The lowest BCUT2D eigenvalue weighted by atomic mass is 10.1. The van der Waals surface area contributed by atoms with Crippen LogP contribution in [-0.2, 0) is 18.4 Å². The number of hydrogen-bond acceptors (Lipinski definition) is 3. The van der Waals surface area contributed by atoms with Crippen LogP contribution in [0.3, 0.4) is 0 Å². The molecular weight excluding hydrogens is 216 g/mol. The topological polar surface area (TPSA) is 59.0 Å². The molecule has 2 N–H and O–H groups in total. The molecule has 1 saturated heterocycles. The van der Waals surface area contributed by atoms with Crippen LogP contribution in [-0.4, -0.2) is 28.3 Å². The summed E-state index contributed by atoms with van der Waals surface area (Å²) in [6.45, 7) is 1.66. The van der Waals surface area contributed by atoms with Gasteiger partial charge in [0.1, 0.15) is 0 Å². The molecule has 0 spiro atoms. The molecular formula is C12H20N4O. The Bertz CT molecular complexity index is 368. The van der Waals surface area contributed by atoms with Gasteiger partial charge in [-0.2, -0.15) is 5.10 Å². The second-order valence-corrected chi connectivity index (χ2v) is 4.55. The van der Waals surface area contributed by atoms with Crippen molar-refractivity contribution in [2.75, 3.05) is 6.54 Å². The highest BCUT2D eigenvalue weighted by Gasteiger charge is 2.15. The van der Waals surface area contributed by atoms with Gasteiger partial charge >= 0.3 is 0 Å². The average Bonchev–Trinajstić information content (AvgIpc) is 2.95. The molecule has 1 atom stereocenters. The van der Waals surface area contributed by atoms with E-state index in [4.69, 9.17) is 0 Å². The molecule has 2 heterocycles. The van der Waals surface area contributed by atoms with Crippen molar-refractivity contribution in [1.29, 1.82) is 0 Å². The molecule has 0 radical (unpaired) electrons. The molecule has 1 amide bonds. The van der Waals surface area contributed by atoms with E-state index in [9.17, 15) is 4.79 Å². The average molecular weight is 236 g/mol. The number of aryl methyl sites for hydroxylation is 1. The molecule has 5 heteroatoms. The van der Waals surface area contributed by atoms with Gasteiger partial charge in [0.2, 0.25) is 5.91 Å². The molecule has 1 fully saturated rings. The molecule has 17 heavy (non-hydrogen) atoms. The number of carbonyl (C=O) groups excluding carboxylic acids is 1. The molecule has 1 aliphatic heterocycles. The van der Waals surface area contributed by atoms with E-state index in [0.29, 0.717) is 19.0 Å². The molecule has 1 aromatic rings. The maximum atomic E-state index is 11.6. The van der Waals surface area contributed by atoms with Crippen LogP contribution in [0, 0.1) is 0 Å². The van der Waals surface area contributed by atoms with Crippen molar-refractivity contribution in [3.63, 3.8) is 0 Å². The van der Waals surface area contributed by atoms with E-state index in [1.54, 1.807) is 10.9 Å². The number of hydrogen-bond donors (Lipinski definition) is 2. The normalized spacial score (nSPS) is 19.5. The zero-order valence-electron chi connectivity index (χ0n) is 10.3. The molecule has 2 rings (SSSR count). The fraction of sp³-hybridized carbons (Fsp3) is 0.667. The molecule has 0 aromatic carbocycles. The Hall–Kier alpha value is -1.36. The summed E-state index contributed by atoms with van der Waals surface area (Å²) in [4.78, 5) is 11.6. The van der Waals surface area contributed by atoms with Gasteiger partial charge in [-0.1, -0.05) is 0 Å². The SMILES string of the molecule is Cn1nccc1CNC(=O)CCC1CCCN1. The molecule has 0 saturated carbocycles. The van der Waals surface area contributed by atoms with Gasteiger partial charge in [0.25, 0.3) is 0 Å². The van der Waals surface area contributed by atoms with Gasteiger partial charge in [-0.15, -0.1) is 0 Å². The van der Waals surface area contributed by atoms with E-state index < -0.39 is 0 Å². The quantitative estimate of drug-likeness (QED) is 0.785. The van der Waals surface area contributed by atoms with Crippen molar-refractivity contribution in [1.82, 2.24) is 20.4 Å². The third-order valence-corrected chi connectivity index (χ3v) is 3.27. The number of nitrogens with zero attached hydrogens (tertiary/aromatic N) is 2. The van der Waals surface area contributed by atoms with Gasteiger partial charge in [0.05, 0.1) is 12.2 Å². The second-order valence-electron chi connectivity index (χ2n) is 4.55. The van der Waals surface area contributed by atoms with Gasteiger partial charge in [0.15, 0.2) is 0 Å². The van der Waals surface area contributed by atoms with Crippen LogP contribution in [0.2, 0.25) is 0 Å². The minimum Gasteiger partial charge on any atom is -0.350 e. The monoisotopic (exact) mass is 236 g/mol. The zero-order chi connectivity index (χ0) is 12.1.